The van der Waals surface area contributed by atoms with Gasteiger partial charge < -0.3 is 10.6 Å². The Bertz CT molecular complexity index is 107. The Hall–Kier alpha value is -0.220. The van der Waals surface area contributed by atoms with Gasteiger partial charge in [0.15, 0.2) is 0 Å². The van der Waals surface area contributed by atoms with Crippen LogP contribution in [0.15, 0.2) is 0 Å². The Morgan fingerprint density at radius 2 is 2.00 bits per heavy atom. The minimum Gasteiger partial charge on any atom is -0.325 e. The van der Waals surface area contributed by atoms with Crippen molar-refractivity contribution in [1.29, 1.82) is 0 Å². The predicted molar refractivity (Wildman–Crippen MR) is 41.8 cm³/mol. The van der Waals surface area contributed by atoms with Crippen LogP contribution in [0.3, 0.4) is 0 Å². The van der Waals surface area contributed by atoms with E-state index in [2.05, 4.69) is 0 Å². The summed E-state index contributed by atoms with van der Waals surface area (Å²) < 4.78 is 25.1. The van der Waals surface area contributed by atoms with Crippen molar-refractivity contribution in [1.82, 2.24) is 4.90 Å². The lowest BCUT2D eigenvalue weighted by molar-refractivity contribution is -0.0173. The molecule has 0 saturated heterocycles. The van der Waals surface area contributed by atoms with Crippen LogP contribution in [-0.4, -0.2) is 37.5 Å². The molecule has 0 aromatic carbocycles. The second-order valence-corrected chi connectivity index (χ2v) is 2.80. The summed E-state index contributed by atoms with van der Waals surface area (Å²) in [7, 11) is 1.67. The maximum Gasteiger partial charge on any atom is 0.272 e. The van der Waals surface area contributed by atoms with Gasteiger partial charge in [-0.1, -0.05) is 6.92 Å². The summed E-state index contributed by atoms with van der Waals surface area (Å²) in [6, 6.07) is 0. The number of nitrogens with two attached hydrogens (primary N) is 1. The first-order chi connectivity index (χ1) is 5.02. The van der Waals surface area contributed by atoms with Crippen LogP contribution in [0, 0.1) is 0 Å². The highest BCUT2D eigenvalue weighted by molar-refractivity contribution is 4.70. The Kier molecular flexibility index (Phi) is 4.52. The molecule has 0 radical (unpaired) electrons. The molecule has 2 nitrogen and oxygen atoms in total. The van der Waals surface area contributed by atoms with E-state index >= 15 is 0 Å². The van der Waals surface area contributed by atoms with Crippen LogP contribution in [0.4, 0.5) is 8.78 Å². The Labute approximate surface area is 66.4 Å². The minimum absolute atomic E-state index is 0.239. The van der Waals surface area contributed by atoms with E-state index < -0.39 is 12.5 Å². The summed E-state index contributed by atoms with van der Waals surface area (Å²) in [6.45, 7) is 1.84. The van der Waals surface area contributed by atoms with Crippen molar-refractivity contribution in [2.24, 2.45) is 5.73 Å². The first-order valence-electron chi connectivity index (χ1n) is 3.78. The summed E-state index contributed by atoms with van der Waals surface area (Å²) in [6.07, 6.45) is 0.886. The van der Waals surface area contributed by atoms with Gasteiger partial charge in [0.25, 0.3) is 5.92 Å². The van der Waals surface area contributed by atoms with Gasteiger partial charge in [-0.25, -0.2) is 8.78 Å². The molecule has 2 N–H and O–H groups in total. The van der Waals surface area contributed by atoms with E-state index in [1.807, 2.05) is 6.92 Å². The highest BCUT2D eigenvalue weighted by Gasteiger charge is 2.27. The average molecular weight is 166 g/mol. The summed E-state index contributed by atoms with van der Waals surface area (Å²) >= 11 is 0. The fourth-order valence-corrected chi connectivity index (χ4v) is 0.920. The molecular formula is C7H16F2N2. The average Bonchev–Trinajstić information content (AvgIpc) is 1.87. The zero-order valence-corrected chi connectivity index (χ0v) is 7.11. The van der Waals surface area contributed by atoms with E-state index in [0.29, 0.717) is 6.54 Å². The lowest BCUT2D eigenvalue weighted by Crippen LogP contribution is -2.40. The summed E-state index contributed by atoms with van der Waals surface area (Å²) in [5.41, 5.74) is 4.87. The number of nitrogens with zero attached hydrogens (tertiary/aromatic N) is 1. The minimum atomic E-state index is -2.73. The lowest BCUT2D eigenvalue weighted by Gasteiger charge is -2.21. The van der Waals surface area contributed by atoms with Crippen molar-refractivity contribution in [2.45, 2.75) is 19.3 Å². The number of halogens is 2. The molecule has 0 unspecified atom stereocenters. The zero-order chi connectivity index (χ0) is 8.91. The topological polar surface area (TPSA) is 29.3 Å². The SMILES string of the molecule is CCCN(C)CC(F)(F)CN. The largest absolute Gasteiger partial charge is 0.325 e. The molecule has 4 heteroatoms. The molecule has 0 fully saturated rings. The standard InChI is InChI=1S/C7H16F2N2/c1-3-4-11(2)6-7(8,9)5-10/h3-6,10H2,1-2H3. The fraction of sp³-hybridized carbons (Fsp3) is 1.00. The van der Waals surface area contributed by atoms with Crippen LogP contribution in [0.1, 0.15) is 13.3 Å². The van der Waals surface area contributed by atoms with Gasteiger partial charge >= 0.3 is 0 Å². The first-order valence-corrected chi connectivity index (χ1v) is 3.78. The third-order valence-electron chi connectivity index (χ3n) is 1.41. The molecule has 0 heterocycles. The molecule has 0 aliphatic rings. The molecule has 0 spiro atoms. The second-order valence-electron chi connectivity index (χ2n) is 2.80. The smallest absolute Gasteiger partial charge is 0.272 e. The molecule has 11 heavy (non-hydrogen) atoms. The number of hydrogen-bond acceptors (Lipinski definition) is 2. The normalized spacial score (nSPS) is 12.5. The van der Waals surface area contributed by atoms with Crippen molar-refractivity contribution < 1.29 is 8.78 Å². The third-order valence-corrected chi connectivity index (χ3v) is 1.41. The highest BCUT2D eigenvalue weighted by Crippen LogP contribution is 2.11. The van der Waals surface area contributed by atoms with Gasteiger partial charge in [0, 0.05) is 0 Å². The summed E-state index contributed by atoms with van der Waals surface area (Å²) in [4.78, 5) is 1.59. The maximum absolute atomic E-state index is 12.6. The molecule has 0 atom stereocenters. The van der Waals surface area contributed by atoms with E-state index in [-0.39, 0.29) is 6.54 Å². The van der Waals surface area contributed by atoms with E-state index in [9.17, 15) is 8.78 Å². The van der Waals surface area contributed by atoms with Crippen LogP contribution in [-0.2, 0) is 0 Å². The molecule has 0 bridgehead atoms. The van der Waals surface area contributed by atoms with Gasteiger partial charge in [-0.3, -0.25) is 0 Å². The number of hydrogen-bond donors (Lipinski definition) is 1. The second kappa shape index (κ2) is 4.62. The monoisotopic (exact) mass is 166 g/mol. The molecule has 68 valence electrons. The van der Waals surface area contributed by atoms with Gasteiger partial charge in [0.2, 0.25) is 0 Å². The van der Waals surface area contributed by atoms with Crippen LogP contribution >= 0.6 is 0 Å². The Balaban J connectivity index is 3.64. The van der Waals surface area contributed by atoms with E-state index in [4.69, 9.17) is 5.73 Å². The van der Waals surface area contributed by atoms with Crippen molar-refractivity contribution in [2.75, 3.05) is 26.7 Å². The van der Waals surface area contributed by atoms with Crippen molar-refractivity contribution in [3.63, 3.8) is 0 Å². The van der Waals surface area contributed by atoms with E-state index in [0.717, 1.165) is 6.42 Å². The lowest BCUT2D eigenvalue weighted by atomic mass is 10.3. The Morgan fingerprint density at radius 1 is 1.45 bits per heavy atom. The maximum atomic E-state index is 12.6. The fourth-order valence-electron chi connectivity index (χ4n) is 0.920. The third kappa shape index (κ3) is 5.09. The molecule has 0 aromatic rings. The molecule has 0 aliphatic carbocycles. The van der Waals surface area contributed by atoms with Gasteiger partial charge in [-0.15, -0.1) is 0 Å². The molecule has 0 rings (SSSR count). The summed E-state index contributed by atoms with van der Waals surface area (Å²) in [5.74, 6) is -2.73. The quantitative estimate of drug-likeness (QED) is 0.658. The first kappa shape index (κ1) is 10.8. The predicted octanol–water partition coefficient (Wildman–Crippen LogP) is 0.922. The van der Waals surface area contributed by atoms with Crippen LogP contribution in [0.2, 0.25) is 0 Å². The van der Waals surface area contributed by atoms with Crippen LogP contribution in [0.25, 0.3) is 0 Å². The van der Waals surface area contributed by atoms with Crippen LogP contribution in [0.5, 0.6) is 0 Å². The number of alkyl halides is 2. The highest BCUT2D eigenvalue weighted by atomic mass is 19.3. The zero-order valence-electron chi connectivity index (χ0n) is 7.11. The van der Waals surface area contributed by atoms with Gasteiger partial charge in [-0.2, -0.15) is 0 Å². The molecule has 0 saturated carbocycles. The van der Waals surface area contributed by atoms with Crippen molar-refractivity contribution in [3.05, 3.63) is 0 Å². The summed E-state index contributed by atoms with van der Waals surface area (Å²) in [5, 5.41) is 0. The Morgan fingerprint density at radius 3 is 2.36 bits per heavy atom. The van der Waals surface area contributed by atoms with E-state index in [1.54, 1.807) is 11.9 Å². The number of rotatable bonds is 5. The van der Waals surface area contributed by atoms with Gasteiger partial charge in [0.1, 0.15) is 0 Å². The van der Waals surface area contributed by atoms with Crippen molar-refractivity contribution >= 4 is 0 Å². The van der Waals surface area contributed by atoms with Gasteiger partial charge in [-0.05, 0) is 20.0 Å². The van der Waals surface area contributed by atoms with E-state index in [1.165, 1.54) is 0 Å². The molecule has 0 aliphatic heterocycles. The van der Waals surface area contributed by atoms with Crippen LogP contribution < -0.4 is 5.73 Å². The van der Waals surface area contributed by atoms with Crippen molar-refractivity contribution in [3.8, 4) is 0 Å². The molecular weight excluding hydrogens is 150 g/mol. The molecule has 0 aromatic heterocycles. The molecule has 0 amide bonds. The van der Waals surface area contributed by atoms with Gasteiger partial charge in [0.05, 0.1) is 13.1 Å².